The van der Waals surface area contributed by atoms with E-state index in [9.17, 15) is 13.2 Å². The Morgan fingerprint density at radius 3 is 2.55 bits per heavy atom. The van der Waals surface area contributed by atoms with Crippen LogP contribution in [0.1, 0.15) is 67.2 Å². The highest BCUT2D eigenvalue weighted by Crippen LogP contribution is 2.35. The fraction of sp³-hybridized carbons (Fsp3) is 0.571. The Kier molecular flexibility index (Phi) is 6.71. The molecule has 2 aliphatic rings. The second-order valence-corrected chi connectivity index (χ2v) is 11.3. The van der Waals surface area contributed by atoms with Gasteiger partial charge in [-0.05, 0) is 44.9 Å². The fourth-order valence-corrected chi connectivity index (χ4v) is 6.79. The van der Waals surface area contributed by atoms with Crippen LogP contribution >= 0.6 is 11.3 Å². The number of morpholine rings is 1. The lowest BCUT2D eigenvalue weighted by Gasteiger charge is -2.34. The number of ether oxygens (including phenoxy) is 1. The van der Waals surface area contributed by atoms with Crippen LogP contribution in [0.2, 0.25) is 0 Å². The minimum atomic E-state index is -3.72. The standard InChI is InChI=1S/C21H28N4O4S2/c1-14-12-25(13-15(2)29-14)31(27,28)18-10-6-9-17(11-18)19(26)22-21-24-23-20(30-21)16-7-4-3-5-8-16/h6,9-11,14-16H,3-5,7-8,12-13H2,1-2H3,(H,22,24,26). The molecule has 1 aliphatic heterocycles. The van der Waals surface area contributed by atoms with Crippen LogP contribution in [-0.2, 0) is 14.8 Å². The Morgan fingerprint density at radius 2 is 1.84 bits per heavy atom. The van der Waals surface area contributed by atoms with E-state index in [0.29, 0.717) is 11.0 Å². The van der Waals surface area contributed by atoms with Gasteiger partial charge in [-0.3, -0.25) is 10.1 Å². The Morgan fingerprint density at radius 1 is 1.13 bits per heavy atom. The van der Waals surface area contributed by atoms with E-state index < -0.39 is 15.9 Å². The first-order valence-electron chi connectivity index (χ1n) is 10.7. The first-order valence-corrected chi connectivity index (χ1v) is 13.0. The Bertz CT molecular complexity index is 1020. The van der Waals surface area contributed by atoms with Gasteiger partial charge in [-0.15, -0.1) is 10.2 Å². The number of amides is 1. The molecule has 1 N–H and O–H groups in total. The molecule has 0 bridgehead atoms. The monoisotopic (exact) mass is 464 g/mol. The third kappa shape index (κ3) is 5.14. The van der Waals surface area contributed by atoms with Crippen LogP contribution in [-0.4, -0.2) is 54.1 Å². The summed E-state index contributed by atoms with van der Waals surface area (Å²) < 4.78 is 33.3. The van der Waals surface area contributed by atoms with Gasteiger partial charge in [0, 0.05) is 24.6 Å². The summed E-state index contributed by atoms with van der Waals surface area (Å²) >= 11 is 1.40. The summed E-state index contributed by atoms with van der Waals surface area (Å²) in [7, 11) is -3.72. The summed E-state index contributed by atoms with van der Waals surface area (Å²) in [6.45, 7) is 4.28. The largest absolute Gasteiger partial charge is 0.373 e. The van der Waals surface area contributed by atoms with Crippen LogP contribution in [0.3, 0.4) is 0 Å². The first-order chi connectivity index (χ1) is 14.8. The molecular formula is C21H28N4O4S2. The molecule has 2 atom stereocenters. The molecule has 1 saturated heterocycles. The summed E-state index contributed by atoms with van der Waals surface area (Å²) in [5.41, 5.74) is 0.268. The lowest BCUT2D eigenvalue weighted by atomic mass is 9.90. The van der Waals surface area contributed by atoms with Crippen molar-refractivity contribution in [3.8, 4) is 0 Å². The lowest BCUT2D eigenvalue weighted by Crippen LogP contribution is -2.48. The summed E-state index contributed by atoms with van der Waals surface area (Å²) in [5, 5.41) is 12.5. The maximum atomic E-state index is 13.1. The van der Waals surface area contributed by atoms with Gasteiger partial charge in [-0.25, -0.2) is 8.42 Å². The second-order valence-electron chi connectivity index (χ2n) is 8.34. The van der Waals surface area contributed by atoms with E-state index in [4.69, 9.17) is 4.74 Å². The predicted molar refractivity (Wildman–Crippen MR) is 119 cm³/mol. The minimum Gasteiger partial charge on any atom is -0.373 e. The molecule has 2 aromatic rings. The molecule has 168 valence electrons. The molecule has 1 aromatic heterocycles. The Hall–Kier alpha value is -1.88. The van der Waals surface area contributed by atoms with Crippen LogP contribution in [0, 0.1) is 0 Å². The number of aromatic nitrogens is 2. The molecule has 31 heavy (non-hydrogen) atoms. The smallest absolute Gasteiger partial charge is 0.257 e. The summed E-state index contributed by atoms with van der Waals surface area (Å²) in [4.78, 5) is 12.9. The summed E-state index contributed by atoms with van der Waals surface area (Å²) in [5.74, 6) is 0.0239. The van der Waals surface area contributed by atoms with Crippen molar-refractivity contribution in [2.75, 3.05) is 18.4 Å². The highest BCUT2D eigenvalue weighted by atomic mass is 32.2. The molecule has 1 amide bonds. The zero-order valence-electron chi connectivity index (χ0n) is 17.8. The average Bonchev–Trinajstić information content (AvgIpc) is 3.22. The van der Waals surface area contributed by atoms with E-state index in [1.54, 1.807) is 12.1 Å². The van der Waals surface area contributed by atoms with Crippen LogP contribution in [0.15, 0.2) is 29.2 Å². The molecule has 2 unspecified atom stereocenters. The van der Waals surface area contributed by atoms with E-state index in [1.807, 2.05) is 13.8 Å². The van der Waals surface area contributed by atoms with Crippen molar-refractivity contribution >= 4 is 32.4 Å². The van der Waals surface area contributed by atoms with Gasteiger partial charge in [0.2, 0.25) is 15.2 Å². The highest BCUT2D eigenvalue weighted by molar-refractivity contribution is 7.89. The Balaban J connectivity index is 1.47. The quantitative estimate of drug-likeness (QED) is 0.725. The predicted octanol–water partition coefficient (Wildman–Crippen LogP) is 3.64. The first kappa shape index (κ1) is 22.3. The lowest BCUT2D eigenvalue weighted by molar-refractivity contribution is -0.0440. The molecule has 8 nitrogen and oxygen atoms in total. The molecular weight excluding hydrogens is 436 g/mol. The molecule has 0 radical (unpaired) electrons. The maximum absolute atomic E-state index is 13.1. The summed E-state index contributed by atoms with van der Waals surface area (Å²) in [6.07, 6.45) is 5.53. The van der Waals surface area contributed by atoms with Gasteiger partial charge in [0.25, 0.3) is 5.91 Å². The van der Waals surface area contributed by atoms with Gasteiger partial charge in [-0.2, -0.15) is 4.31 Å². The zero-order chi connectivity index (χ0) is 22.0. The number of benzene rings is 1. The number of carbonyl (C=O) groups excluding carboxylic acids is 1. The van der Waals surface area contributed by atoms with Gasteiger partial charge in [0.15, 0.2) is 0 Å². The molecule has 1 aliphatic carbocycles. The number of hydrogen-bond acceptors (Lipinski definition) is 7. The number of sulfonamides is 1. The zero-order valence-corrected chi connectivity index (χ0v) is 19.4. The minimum absolute atomic E-state index is 0.0987. The van der Waals surface area contributed by atoms with Gasteiger partial charge < -0.3 is 4.74 Å². The van der Waals surface area contributed by atoms with Gasteiger partial charge >= 0.3 is 0 Å². The highest BCUT2D eigenvalue weighted by Gasteiger charge is 2.32. The fourth-order valence-electron chi connectivity index (χ4n) is 4.24. The van der Waals surface area contributed by atoms with E-state index in [1.165, 1.54) is 47.0 Å². The number of nitrogens with zero attached hydrogens (tertiary/aromatic N) is 3. The van der Waals surface area contributed by atoms with E-state index >= 15 is 0 Å². The molecule has 1 saturated carbocycles. The number of anilines is 1. The van der Waals surface area contributed by atoms with Crippen LogP contribution in [0.4, 0.5) is 5.13 Å². The SMILES string of the molecule is CC1CN(S(=O)(=O)c2cccc(C(=O)Nc3nnc(C4CCCCC4)s3)c2)CC(C)O1. The number of carbonyl (C=O) groups is 1. The number of hydrogen-bond donors (Lipinski definition) is 1. The van der Waals surface area contributed by atoms with E-state index in [2.05, 4.69) is 15.5 Å². The number of nitrogens with one attached hydrogen (secondary N) is 1. The summed E-state index contributed by atoms with van der Waals surface area (Å²) in [6, 6.07) is 6.12. The van der Waals surface area contributed by atoms with Crippen molar-refractivity contribution in [1.29, 1.82) is 0 Å². The van der Waals surface area contributed by atoms with Gasteiger partial charge in [0.05, 0.1) is 17.1 Å². The van der Waals surface area contributed by atoms with Crippen molar-refractivity contribution in [2.45, 2.75) is 69.0 Å². The molecule has 10 heteroatoms. The van der Waals surface area contributed by atoms with Crippen LogP contribution in [0.5, 0.6) is 0 Å². The van der Waals surface area contributed by atoms with Gasteiger partial charge in [0.1, 0.15) is 5.01 Å². The van der Waals surface area contributed by atoms with Crippen molar-refractivity contribution in [2.24, 2.45) is 0 Å². The molecule has 2 fully saturated rings. The van der Waals surface area contributed by atoms with Crippen LogP contribution in [0.25, 0.3) is 0 Å². The van der Waals surface area contributed by atoms with Crippen LogP contribution < -0.4 is 5.32 Å². The molecule has 1 aromatic carbocycles. The molecule has 2 heterocycles. The van der Waals surface area contributed by atoms with Crippen molar-refractivity contribution < 1.29 is 17.9 Å². The third-order valence-electron chi connectivity index (χ3n) is 5.74. The Labute approximate surface area is 187 Å². The van der Waals surface area contributed by atoms with E-state index in [-0.39, 0.29) is 35.8 Å². The van der Waals surface area contributed by atoms with Crippen molar-refractivity contribution in [3.05, 3.63) is 34.8 Å². The molecule has 4 rings (SSSR count). The third-order valence-corrected chi connectivity index (χ3v) is 8.56. The normalized spacial score (nSPS) is 23.5. The van der Waals surface area contributed by atoms with Crippen molar-refractivity contribution in [1.82, 2.24) is 14.5 Å². The van der Waals surface area contributed by atoms with Crippen molar-refractivity contribution in [3.63, 3.8) is 0 Å². The topological polar surface area (TPSA) is 101 Å². The number of rotatable bonds is 5. The molecule has 0 spiro atoms. The maximum Gasteiger partial charge on any atom is 0.257 e. The van der Waals surface area contributed by atoms with Gasteiger partial charge in [-0.1, -0.05) is 36.7 Å². The second kappa shape index (κ2) is 9.32. The average molecular weight is 465 g/mol. The van der Waals surface area contributed by atoms with E-state index in [0.717, 1.165) is 17.8 Å².